The highest BCUT2D eigenvalue weighted by Gasteiger charge is 2.51. The number of urea groups is 1. The molecule has 0 aromatic carbocycles. The zero-order valence-electron chi connectivity index (χ0n) is 17.6. The molecule has 2 aromatic heterocycles. The van der Waals surface area contributed by atoms with Crippen LogP contribution in [0, 0.1) is 0 Å². The number of carbonyl (C=O) groups is 2. The molecule has 2 aliphatic rings. The van der Waals surface area contributed by atoms with Crippen molar-refractivity contribution in [3.05, 3.63) is 28.1 Å². The van der Waals surface area contributed by atoms with Crippen LogP contribution >= 0.6 is 21.4 Å². The number of aromatic amines is 1. The highest BCUT2D eigenvalue weighted by Crippen LogP contribution is 2.60. The van der Waals surface area contributed by atoms with E-state index in [1.807, 2.05) is 30.7 Å². The van der Waals surface area contributed by atoms with Crippen molar-refractivity contribution in [2.24, 2.45) is 0 Å². The minimum Gasteiger partial charge on any atom is -0.309 e. The summed E-state index contributed by atoms with van der Waals surface area (Å²) in [4.78, 5) is 27.9. The molecule has 158 valence electrons. The van der Waals surface area contributed by atoms with Gasteiger partial charge >= 0.3 is 6.03 Å². The summed E-state index contributed by atoms with van der Waals surface area (Å²) in [6, 6.07) is 1.72. The van der Waals surface area contributed by atoms with Crippen molar-refractivity contribution in [1.82, 2.24) is 15.1 Å². The third-order valence-electron chi connectivity index (χ3n) is 6.47. The fourth-order valence-electron chi connectivity index (χ4n) is 4.31. The number of nitrogens with zero attached hydrogens (tertiary/aromatic N) is 2. The number of hydrogen-bond donors (Lipinski definition) is 3. The van der Waals surface area contributed by atoms with Crippen molar-refractivity contribution in [3.63, 3.8) is 0 Å². The average Bonchev–Trinajstić information content (AvgIpc) is 3.24. The van der Waals surface area contributed by atoms with Crippen molar-refractivity contribution in [1.29, 1.82) is 0 Å². The Morgan fingerprint density at radius 1 is 1.24 bits per heavy atom. The summed E-state index contributed by atoms with van der Waals surface area (Å²) in [7, 11) is -1.04. The monoisotopic (exact) mass is 435 g/mol. The van der Waals surface area contributed by atoms with Gasteiger partial charge < -0.3 is 15.5 Å². The van der Waals surface area contributed by atoms with Crippen molar-refractivity contribution < 1.29 is 9.59 Å². The summed E-state index contributed by atoms with van der Waals surface area (Å²) >= 11 is 1.54. The van der Waals surface area contributed by atoms with E-state index in [0.717, 1.165) is 36.2 Å². The summed E-state index contributed by atoms with van der Waals surface area (Å²) in [6.07, 6.45) is 9.59. The molecule has 0 spiro atoms. The molecular formula is C20H29N5O2S2. The highest BCUT2D eigenvalue weighted by molar-refractivity contribution is 8.33. The normalized spacial score (nSPS) is 20.0. The fourth-order valence-corrected chi connectivity index (χ4v) is 7.02. The summed E-state index contributed by atoms with van der Waals surface area (Å²) in [5.74, 6) is 0.623. The Morgan fingerprint density at radius 2 is 1.97 bits per heavy atom. The summed E-state index contributed by atoms with van der Waals surface area (Å²) in [5.41, 5.74) is 2.01. The van der Waals surface area contributed by atoms with E-state index in [4.69, 9.17) is 0 Å². The standard InChI is InChI=1S/C20H29N5O2S2/c1-19(2)15-14(11-25(19)18(27)21-13-7-10-28-12-13)16(24-23-15)22-17(26)20(8-6-9-20)29(3,4)5/h7,10,12H,6,8-9,11H2,1-5H3,(H,21,27)(H2,22,23,24,26). The first-order valence-corrected chi connectivity index (χ1v) is 13.5. The number of amides is 3. The van der Waals surface area contributed by atoms with Gasteiger partial charge in [-0.3, -0.25) is 9.89 Å². The van der Waals surface area contributed by atoms with E-state index in [0.29, 0.717) is 12.4 Å². The van der Waals surface area contributed by atoms with Crippen LogP contribution in [0.4, 0.5) is 16.3 Å². The van der Waals surface area contributed by atoms with E-state index < -0.39 is 15.6 Å². The van der Waals surface area contributed by atoms with E-state index in [-0.39, 0.29) is 16.7 Å². The Kier molecular flexibility index (Phi) is 4.73. The van der Waals surface area contributed by atoms with E-state index in [1.54, 1.807) is 4.90 Å². The molecule has 0 bridgehead atoms. The van der Waals surface area contributed by atoms with Gasteiger partial charge in [0.15, 0.2) is 5.82 Å². The topological polar surface area (TPSA) is 90.1 Å². The Hall–Kier alpha value is -2.00. The first-order chi connectivity index (χ1) is 13.6. The number of fused-ring (bicyclic) bond motifs is 1. The maximum absolute atomic E-state index is 13.2. The van der Waals surface area contributed by atoms with Crippen molar-refractivity contribution >= 4 is 44.8 Å². The Labute approximate surface area is 177 Å². The number of hydrogen-bond acceptors (Lipinski definition) is 4. The van der Waals surface area contributed by atoms with Crippen LogP contribution in [-0.2, 0) is 16.9 Å². The molecule has 3 N–H and O–H groups in total. The molecule has 9 heteroatoms. The van der Waals surface area contributed by atoms with Crippen molar-refractivity contribution in [2.75, 3.05) is 29.4 Å². The van der Waals surface area contributed by atoms with E-state index in [2.05, 4.69) is 39.6 Å². The number of anilines is 2. The largest absolute Gasteiger partial charge is 0.322 e. The molecule has 0 atom stereocenters. The minimum absolute atomic E-state index is 0.0690. The molecule has 0 saturated heterocycles. The maximum atomic E-state index is 13.2. The molecule has 1 saturated carbocycles. The van der Waals surface area contributed by atoms with Gasteiger partial charge in [0.25, 0.3) is 0 Å². The Morgan fingerprint density at radius 3 is 2.52 bits per heavy atom. The van der Waals surface area contributed by atoms with Gasteiger partial charge in [-0.25, -0.2) is 14.8 Å². The van der Waals surface area contributed by atoms with Crippen molar-refractivity contribution in [2.45, 2.75) is 49.9 Å². The smallest absolute Gasteiger partial charge is 0.309 e. The number of thiophene rings is 1. The predicted molar refractivity (Wildman–Crippen MR) is 121 cm³/mol. The molecule has 1 aliphatic heterocycles. The Balaban J connectivity index is 1.55. The van der Waals surface area contributed by atoms with Crippen LogP contribution in [0.15, 0.2) is 16.8 Å². The van der Waals surface area contributed by atoms with Gasteiger partial charge in [0, 0.05) is 10.9 Å². The molecular weight excluding hydrogens is 406 g/mol. The van der Waals surface area contributed by atoms with Crippen LogP contribution < -0.4 is 10.6 Å². The molecule has 29 heavy (non-hydrogen) atoms. The number of nitrogens with one attached hydrogen (secondary N) is 3. The summed E-state index contributed by atoms with van der Waals surface area (Å²) < 4.78 is -0.275. The van der Waals surface area contributed by atoms with Crippen molar-refractivity contribution in [3.8, 4) is 0 Å². The first kappa shape index (κ1) is 20.3. The van der Waals surface area contributed by atoms with E-state index >= 15 is 0 Å². The fraction of sp³-hybridized carbons (Fsp3) is 0.550. The zero-order valence-corrected chi connectivity index (χ0v) is 19.2. The molecule has 3 amide bonds. The van der Waals surface area contributed by atoms with Gasteiger partial charge in [0.2, 0.25) is 5.91 Å². The van der Waals surface area contributed by atoms with Gasteiger partial charge in [0.1, 0.15) is 0 Å². The third kappa shape index (κ3) is 3.15. The maximum Gasteiger partial charge on any atom is 0.322 e. The summed E-state index contributed by atoms with van der Waals surface area (Å²) in [6.45, 7) is 4.38. The summed E-state index contributed by atoms with van der Waals surface area (Å²) in [5, 5.41) is 17.3. The van der Waals surface area contributed by atoms with Gasteiger partial charge in [-0.1, -0.05) is 0 Å². The number of rotatable bonds is 4. The van der Waals surface area contributed by atoms with Crippen LogP contribution in [-0.4, -0.2) is 50.5 Å². The highest BCUT2D eigenvalue weighted by atomic mass is 32.3. The third-order valence-corrected chi connectivity index (χ3v) is 10.1. The second-order valence-corrected chi connectivity index (χ2v) is 14.4. The van der Waals surface area contributed by atoms with Crippen LogP contribution in [0.5, 0.6) is 0 Å². The lowest BCUT2D eigenvalue weighted by Gasteiger charge is -2.53. The Bertz CT molecular complexity index is 939. The molecule has 1 fully saturated rings. The van der Waals surface area contributed by atoms with Crippen LogP contribution in [0.2, 0.25) is 0 Å². The number of aromatic nitrogens is 2. The van der Waals surface area contributed by atoms with E-state index in [9.17, 15) is 9.59 Å². The van der Waals surface area contributed by atoms with Gasteiger partial charge in [-0.2, -0.15) is 16.4 Å². The van der Waals surface area contributed by atoms with Crippen LogP contribution in [0.1, 0.15) is 44.4 Å². The van der Waals surface area contributed by atoms with Gasteiger partial charge in [-0.05, 0) is 63.3 Å². The first-order valence-electron chi connectivity index (χ1n) is 9.74. The molecule has 2 aromatic rings. The van der Waals surface area contributed by atoms with Gasteiger partial charge in [0.05, 0.1) is 28.2 Å². The van der Waals surface area contributed by atoms with Gasteiger partial charge in [-0.15, -0.1) is 0 Å². The molecule has 0 unspecified atom stereocenters. The quantitative estimate of drug-likeness (QED) is 0.668. The molecule has 7 nitrogen and oxygen atoms in total. The molecule has 0 radical (unpaired) electrons. The average molecular weight is 436 g/mol. The number of carbonyl (C=O) groups excluding carboxylic acids is 2. The lowest BCUT2D eigenvalue weighted by molar-refractivity contribution is -0.120. The number of H-pyrrole nitrogens is 1. The SMILES string of the molecule is CC1(C)c2[nH]nc(NC(=O)C3(S(C)(C)C)CCC3)c2CN1C(=O)Nc1ccsc1. The lowest BCUT2D eigenvalue weighted by Crippen LogP contribution is -2.51. The van der Waals surface area contributed by atoms with Crippen LogP contribution in [0.3, 0.4) is 0 Å². The molecule has 3 heterocycles. The minimum atomic E-state index is -1.04. The molecule has 1 aliphatic carbocycles. The van der Waals surface area contributed by atoms with Crippen LogP contribution in [0.25, 0.3) is 0 Å². The second-order valence-electron chi connectivity index (χ2n) is 9.15. The second kappa shape index (κ2) is 6.77. The van der Waals surface area contributed by atoms with E-state index in [1.165, 1.54) is 11.3 Å². The lowest BCUT2D eigenvalue weighted by atomic mass is 9.83. The zero-order chi connectivity index (χ0) is 21.0. The predicted octanol–water partition coefficient (Wildman–Crippen LogP) is 4.31. The molecule has 4 rings (SSSR count).